The zero-order valence-electron chi connectivity index (χ0n) is 10.8. The van der Waals surface area contributed by atoms with E-state index in [1.165, 1.54) is 12.1 Å². The van der Waals surface area contributed by atoms with Crippen molar-refractivity contribution in [3.8, 4) is 16.8 Å². The SMILES string of the molecule is NCc1cccc(-c2cnn(-c3ccc(F)cc3)c2)c1. The third-order valence-electron chi connectivity index (χ3n) is 3.17. The summed E-state index contributed by atoms with van der Waals surface area (Å²) in [7, 11) is 0. The van der Waals surface area contributed by atoms with Crippen molar-refractivity contribution in [2.45, 2.75) is 6.54 Å². The monoisotopic (exact) mass is 267 g/mol. The summed E-state index contributed by atoms with van der Waals surface area (Å²) in [6, 6.07) is 14.3. The van der Waals surface area contributed by atoms with Crippen molar-refractivity contribution in [3.05, 3.63) is 72.3 Å². The largest absolute Gasteiger partial charge is 0.326 e. The Kier molecular flexibility index (Phi) is 3.31. The molecule has 0 atom stereocenters. The molecular weight excluding hydrogens is 253 g/mol. The van der Waals surface area contributed by atoms with Crippen LogP contribution < -0.4 is 5.73 Å². The minimum Gasteiger partial charge on any atom is -0.326 e. The van der Waals surface area contributed by atoms with Gasteiger partial charge in [0.15, 0.2) is 0 Å². The predicted molar refractivity (Wildman–Crippen MR) is 76.8 cm³/mol. The number of halogens is 1. The molecular formula is C16H14FN3. The molecule has 100 valence electrons. The van der Waals surface area contributed by atoms with Gasteiger partial charge >= 0.3 is 0 Å². The van der Waals surface area contributed by atoms with E-state index >= 15 is 0 Å². The molecule has 3 rings (SSSR count). The highest BCUT2D eigenvalue weighted by molar-refractivity contribution is 5.63. The van der Waals surface area contributed by atoms with Gasteiger partial charge in [-0.05, 0) is 41.5 Å². The average molecular weight is 267 g/mol. The molecule has 1 heterocycles. The van der Waals surface area contributed by atoms with Crippen LogP contribution in [0.25, 0.3) is 16.8 Å². The third kappa shape index (κ3) is 2.46. The molecule has 0 fully saturated rings. The number of nitrogens with zero attached hydrogens (tertiary/aromatic N) is 2. The van der Waals surface area contributed by atoms with Gasteiger partial charge in [-0.2, -0.15) is 5.10 Å². The summed E-state index contributed by atoms with van der Waals surface area (Å²) in [6.45, 7) is 0.514. The van der Waals surface area contributed by atoms with E-state index in [0.717, 1.165) is 22.4 Å². The van der Waals surface area contributed by atoms with E-state index in [1.54, 1.807) is 23.0 Å². The van der Waals surface area contributed by atoms with Gasteiger partial charge in [0, 0.05) is 18.3 Å². The highest BCUT2D eigenvalue weighted by Gasteiger charge is 2.04. The molecule has 0 amide bonds. The highest BCUT2D eigenvalue weighted by atomic mass is 19.1. The van der Waals surface area contributed by atoms with Crippen LogP contribution in [0.2, 0.25) is 0 Å². The summed E-state index contributed by atoms with van der Waals surface area (Å²) in [5, 5.41) is 4.31. The van der Waals surface area contributed by atoms with Crippen LogP contribution in [0.5, 0.6) is 0 Å². The number of nitrogens with two attached hydrogens (primary N) is 1. The van der Waals surface area contributed by atoms with Crippen LogP contribution in [-0.2, 0) is 6.54 Å². The number of rotatable bonds is 3. The second-order valence-electron chi connectivity index (χ2n) is 4.55. The zero-order valence-corrected chi connectivity index (χ0v) is 10.8. The van der Waals surface area contributed by atoms with E-state index in [1.807, 2.05) is 30.5 Å². The second-order valence-corrected chi connectivity index (χ2v) is 4.55. The molecule has 3 nitrogen and oxygen atoms in total. The van der Waals surface area contributed by atoms with Crippen LogP contribution in [0.1, 0.15) is 5.56 Å². The summed E-state index contributed by atoms with van der Waals surface area (Å²) < 4.78 is 14.6. The van der Waals surface area contributed by atoms with E-state index in [-0.39, 0.29) is 5.82 Å². The predicted octanol–water partition coefficient (Wildman–Crippen LogP) is 3.14. The molecule has 0 saturated carbocycles. The molecule has 0 radical (unpaired) electrons. The fraction of sp³-hybridized carbons (Fsp3) is 0.0625. The summed E-state index contributed by atoms with van der Waals surface area (Å²) in [6.07, 6.45) is 3.71. The van der Waals surface area contributed by atoms with Crippen molar-refractivity contribution in [1.82, 2.24) is 9.78 Å². The molecule has 0 spiro atoms. The maximum atomic E-state index is 12.9. The maximum Gasteiger partial charge on any atom is 0.123 e. The third-order valence-corrected chi connectivity index (χ3v) is 3.17. The lowest BCUT2D eigenvalue weighted by atomic mass is 10.1. The van der Waals surface area contributed by atoms with Gasteiger partial charge in [-0.1, -0.05) is 18.2 Å². The summed E-state index contributed by atoms with van der Waals surface area (Å²) in [5.74, 6) is -0.253. The molecule has 0 bridgehead atoms. The van der Waals surface area contributed by atoms with E-state index in [0.29, 0.717) is 6.54 Å². The Morgan fingerprint density at radius 2 is 1.85 bits per heavy atom. The lowest BCUT2D eigenvalue weighted by Crippen LogP contribution is -1.95. The van der Waals surface area contributed by atoms with Crippen LogP contribution in [0.3, 0.4) is 0 Å². The Morgan fingerprint density at radius 3 is 2.60 bits per heavy atom. The first kappa shape index (κ1) is 12.6. The first-order chi connectivity index (χ1) is 9.76. The fourth-order valence-electron chi connectivity index (χ4n) is 2.08. The summed E-state index contributed by atoms with van der Waals surface area (Å²) in [5.41, 5.74) is 9.63. The summed E-state index contributed by atoms with van der Waals surface area (Å²) >= 11 is 0. The molecule has 3 aromatic rings. The number of hydrogen-bond donors (Lipinski definition) is 1. The molecule has 0 saturated heterocycles. The Bertz CT molecular complexity index is 717. The van der Waals surface area contributed by atoms with Crippen molar-refractivity contribution < 1.29 is 4.39 Å². The molecule has 20 heavy (non-hydrogen) atoms. The molecule has 2 N–H and O–H groups in total. The van der Waals surface area contributed by atoms with Crippen LogP contribution in [0, 0.1) is 5.82 Å². The minimum atomic E-state index is -0.253. The second kappa shape index (κ2) is 5.27. The van der Waals surface area contributed by atoms with E-state index in [2.05, 4.69) is 5.10 Å². The molecule has 1 aromatic heterocycles. The Labute approximate surface area is 116 Å². The smallest absolute Gasteiger partial charge is 0.123 e. The van der Waals surface area contributed by atoms with Crippen LogP contribution in [0.15, 0.2) is 60.9 Å². The molecule has 0 aliphatic rings. The van der Waals surface area contributed by atoms with Crippen LogP contribution in [-0.4, -0.2) is 9.78 Å². The lowest BCUT2D eigenvalue weighted by molar-refractivity contribution is 0.627. The van der Waals surface area contributed by atoms with E-state index < -0.39 is 0 Å². The maximum absolute atomic E-state index is 12.9. The zero-order chi connectivity index (χ0) is 13.9. The van der Waals surface area contributed by atoms with Crippen molar-refractivity contribution in [2.75, 3.05) is 0 Å². The van der Waals surface area contributed by atoms with Gasteiger partial charge < -0.3 is 5.73 Å². The number of benzene rings is 2. The number of hydrogen-bond acceptors (Lipinski definition) is 2. The van der Waals surface area contributed by atoms with E-state index in [4.69, 9.17) is 5.73 Å². The average Bonchev–Trinajstić information content (AvgIpc) is 2.98. The normalized spacial score (nSPS) is 10.7. The first-order valence-corrected chi connectivity index (χ1v) is 6.36. The van der Waals surface area contributed by atoms with Gasteiger partial charge in [-0.25, -0.2) is 9.07 Å². The summed E-state index contributed by atoms with van der Waals surface area (Å²) in [4.78, 5) is 0. The van der Waals surface area contributed by atoms with Crippen LogP contribution in [0.4, 0.5) is 4.39 Å². The minimum absolute atomic E-state index is 0.253. The Morgan fingerprint density at radius 1 is 1.05 bits per heavy atom. The molecule has 0 unspecified atom stereocenters. The Hall–Kier alpha value is -2.46. The van der Waals surface area contributed by atoms with Crippen molar-refractivity contribution in [1.29, 1.82) is 0 Å². The molecule has 0 aliphatic heterocycles. The van der Waals surface area contributed by atoms with Crippen molar-refractivity contribution >= 4 is 0 Å². The molecule has 2 aromatic carbocycles. The standard InChI is InChI=1S/C16H14FN3/c17-15-4-6-16(7-5-15)20-11-14(10-19-20)13-3-1-2-12(8-13)9-18/h1-8,10-11H,9,18H2. The Balaban J connectivity index is 1.95. The van der Waals surface area contributed by atoms with Gasteiger partial charge in [-0.15, -0.1) is 0 Å². The number of aromatic nitrogens is 2. The molecule has 0 aliphatic carbocycles. The molecule has 4 heteroatoms. The van der Waals surface area contributed by atoms with Crippen molar-refractivity contribution in [3.63, 3.8) is 0 Å². The van der Waals surface area contributed by atoms with Gasteiger partial charge in [0.2, 0.25) is 0 Å². The van der Waals surface area contributed by atoms with E-state index in [9.17, 15) is 4.39 Å². The highest BCUT2D eigenvalue weighted by Crippen LogP contribution is 2.21. The quantitative estimate of drug-likeness (QED) is 0.792. The van der Waals surface area contributed by atoms with Gasteiger partial charge in [0.25, 0.3) is 0 Å². The lowest BCUT2D eigenvalue weighted by Gasteiger charge is -2.01. The van der Waals surface area contributed by atoms with Gasteiger partial charge in [0.05, 0.1) is 11.9 Å². The fourth-order valence-corrected chi connectivity index (χ4v) is 2.08. The van der Waals surface area contributed by atoms with Crippen molar-refractivity contribution in [2.24, 2.45) is 5.73 Å². The van der Waals surface area contributed by atoms with Gasteiger partial charge in [0.1, 0.15) is 5.82 Å². The first-order valence-electron chi connectivity index (χ1n) is 6.36. The van der Waals surface area contributed by atoms with Gasteiger partial charge in [-0.3, -0.25) is 0 Å². The van der Waals surface area contributed by atoms with Crippen LogP contribution >= 0.6 is 0 Å². The topological polar surface area (TPSA) is 43.8 Å².